The zero-order valence-electron chi connectivity index (χ0n) is 11.4. The van der Waals surface area contributed by atoms with Gasteiger partial charge in [-0.3, -0.25) is 9.80 Å². The molecule has 1 N–H and O–H groups in total. The van der Waals surface area contributed by atoms with Crippen LogP contribution in [0.15, 0.2) is 0 Å². The van der Waals surface area contributed by atoms with Crippen molar-refractivity contribution >= 4 is 0 Å². The summed E-state index contributed by atoms with van der Waals surface area (Å²) in [6.07, 6.45) is -0.148. The molecule has 3 nitrogen and oxygen atoms in total. The number of nitrogens with zero attached hydrogens (tertiary/aromatic N) is 2. The highest BCUT2D eigenvalue weighted by molar-refractivity contribution is 4.87. The van der Waals surface area contributed by atoms with E-state index in [4.69, 9.17) is 0 Å². The van der Waals surface area contributed by atoms with Gasteiger partial charge in [-0.2, -0.15) is 8.78 Å². The largest absolute Gasteiger partial charge is 0.391 e. The second-order valence-corrected chi connectivity index (χ2v) is 5.79. The Labute approximate surface area is 116 Å². The molecule has 0 bridgehead atoms. The van der Waals surface area contributed by atoms with E-state index in [1.807, 2.05) is 0 Å². The fourth-order valence-corrected chi connectivity index (χ4v) is 3.14. The number of halogens is 4. The van der Waals surface area contributed by atoms with Crippen molar-refractivity contribution in [3.05, 3.63) is 0 Å². The van der Waals surface area contributed by atoms with E-state index in [1.54, 1.807) is 0 Å². The predicted octanol–water partition coefficient (Wildman–Crippen LogP) is 1.81. The predicted molar refractivity (Wildman–Crippen MR) is 67.2 cm³/mol. The molecule has 7 heteroatoms. The van der Waals surface area contributed by atoms with E-state index < -0.39 is 18.9 Å². The van der Waals surface area contributed by atoms with E-state index in [1.165, 1.54) is 4.90 Å². The number of hydrogen-bond donors (Lipinski definition) is 1. The molecule has 0 spiro atoms. The van der Waals surface area contributed by atoms with Crippen LogP contribution in [0.4, 0.5) is 17.6 Å². The summed E-state index contributed by atoms with van der Waals surface area (Å²) >= 11 is 0. The third-order valence-electron chi connectivity index (χ3n) is 4.32. The molecular weight excluding hydrogens is 276 g/mol. The highest BCUT2D eigenvalue weighted by atomic mass is 19.3. The van der Waals surface area contributed by atoms with Gasteiger partial charge < -0.3 is 5.11 Å². The summed E-state index contributed by atoms with van der Waals surface area (Å²) in [6, 6.07) is 0.0986. The minimum Gasteiger partial charge on any atom is -0.391 e. The second kappa shape index (κ2) is 6.58. The maximum absolute atomic E-state index is 13.0. The first kappa shape index (κ1) is 16.0. The van der Waals surface area contributed by atoms with E-state index >= 15 is 0 Å². The van der Waals surface area contributed by atoms with E-state index in [2.05, 4.69) is 4.90 Å². The monoisotopic (exact) mass is 298 g/mol. The van der Waals surface area contributed by atoms with Crippen LogP contribution in [0.1, 0.15) is 25.7 Å². The summed E-state index contributed by atoms with van der Waals surface area (Å²) in [5.74, 6) is -3.94. The van der Waals surface area contributed by atoms with E-state index in [9.17, 15) is 22.7 Å². The topological polar surface area (TPSA) is 26.7 Å². The van der Waals surface area contributed by atoms with E-state index in [-0.39, 0.29) is 12.1 Å². The molecular formula is C13H22F4N2O. The fourth-order valence-electron chi connectivity index (χ4n) is 3.14. The molecule has 2 rings (SSSR count). The Hall–Kier alpha value is -0.400. The first-order valence-corrected chi connectivity index (χ1v) is 7.20. The highest BCUT2D eigenvalue weighted by Crippen LogP contribution is 2.27. The van der Waals surface area contributed by atoms with Crippen molar-refractivity contribution < 1.29 is 22.7 Å². The molecule has 1 heterocycles. The molecule has 1 saturated heterocycles. The first-order chi connectivity index (χ1) is 9.40. The number of aliphatic hydroxyl groups excluding tert-OH is 1. The Morgan fingerprint density at radius 2 is 1.65 bits per heavy atom. The summed E-state index contributed by atoms with van der Waals surface area (Å²) in [4.78, 5) is 3.50. The van der Waals surface area contributed by atoms with Gasteiger partial charge in [0.05, 0.1) is 12.6 Å². The molecule has 1 saturated carbocycles. The lowest BCUT2D eigenvalue weighted by molar-refractivity contribution is -0.146. The van der Waals surface area contributed by atoms with Crippen LogP contribution in [0.2, 0.25) is 0 Å². The average molecular weight is 298 g/mol. The fraction of sp³-hybridized carbons (Fsp3) is 1.00. The molecule has 2 aliphatic rings. The van der Waals surface area contributed by atoms with Crippen LogP contribution >= 0.6 is 0 Å². The standard InChI is InChI=1S/C13H22F4N2O/c14-12(15)13(16,17)9-18-5-7-19(8-6-18)10-3-1-2-4-11(10)20/h10-12,20H,1-9H2. The molecule has 1 aliphatic carbocycles. The van der Waals surface area contributed by atoms with Crippen LogP contribution in [0.25, 0.3) is 0 Å². The van der Waals surface area contributed by atoms with Gasteiger partial charge in [0, 0.05) is 32.2 Å². The zero-order chi connectivity index (χ0) is 14.8. The molecule has 0 amide bonds. The van der Waals surface area contributed by atoms with Crippen molar-refractivity contribution in [2.24, 2.45) is 0 Å². The van der Waals surface area contributed by atoms with Crippen LogP contribution in [-0.4, -0.2) is 72.1 Å². The Kier molecular flexibility index (Phi) is 5.25. The van der Waals surface area contributed by atoms with Gasteiger partial charge in [-0.15, -0.1) is 0 Å². The number of piperazine rings is 1. The minimum absolute atomic E-state index is 0.0986. The summed E-state index contributed by atoms with van der Waals surface area (Å²) in [7, 11) is 0. The molecule has 2 unspecified atom stereocenters. The molecule has 0 aromatic heterocycles. The van der Waals surface area contributed by atoms with Crippen LogP contribution in [0, 0.1) is 0 Å². The van der Waals surface area contributed by atoms with Gasteiger partial charge in [0.25, 0.3) is 0 Å². The van der Waals surface area contributed by atoms with Crippen LogP contribution in [0.3, 0.4) is 0 Å². The lowest BCUT2D eigenvalue weighted by atomic mass is 9.91. The molecule has 0 aromatic carbocycles. The SMILES string of the molecule is OC1CCCCC1N1CCN(CC(F)(F)C(F)F)CC1. The van der Waals surface area contributed by atoms with Gasteiger partial charge in [-0.25, -0.2) is 8.78 Å². The minimum atomic E-state index is -3.94. The maximum Gasteiger partial charge on any atom is 0.319 e. The number of hydrogen-bond acceptors (Lipinski definition) is 3. The van der Waals surface area contributed by atoms with E-state index in [0.717, 1.165) is 25.7 Å². The lowest BCUT2D eigenvalue weighted by Gasteiger charge is -2.43. The van der Waals surface area contributed by atoms with Gasteiger partial charge in [-0.1, -0.05) is 12.8 Å². The average Bonchev–Trinajstić information content (AvgIpc) is 2.40. The van der Waals surface area contributed by atoms with Gasteiger partial charge in [0.2, 0.25) is 0 Å². The number of aliphatic hydroxyl groups is 1. The van der Waals surface area contributed by atoms with Gasteiger partial charge in [-0.05, 0) is 12.8 Å². The van der Waals surface area contributed by atoms with Crippen molar-refractivity contribution in [3.8, 4) is 0 Å². The molecule has 0 aromatic rings. The number of rotatable bonds is 4. The summed E-state index contributed by atoms with van der Waals surface area (Å²) in [5.41, 5.74) is 0. The highest BCUT2D eigenvalue weighted by Gasteiger charge is 2.43. The molecule has 0 radical (unpaired) electrons. The Morgan fingerprint density at radius 3 is 2.20 bits per heavy atom. The van der Waals surface area contributed by atoms with Crippen LogP contribution < -0.4 is 0 Å². The van der Waals surface area contributed by atoms with Gasteiger partial charge in [0.1, 0.15) is 0 Å². The summed E-state index contributed by atoms with van der Waals surface area (Å²) in [5, 5.41) is 9.97. The zero-order valence-corrected chi connectivity index (χ0v) is 11.4. The van der Waals surface area contributed by atoms with Gasteiger partial charge >= 0.3 is 12.3 Å². The molecule has 118 valence electrons. The number of alkyl halides is 4. The van der Waals surface area contributed by atoms with Crippen LogP contribution in [-0.2, 0) is 0 Å². The van der Waals surface area contributed by atoms with Crippen molar-refractivity contribution in [1.82, 2.24) is 9.80 Å². The summed E-state index contributed by atoms with van der Waals surface area (Å²) in [6.45, 7) is 0.935. The van der Waals surface area contributed by atoms with Crippen molar-refractivity contribution in [1.29, 1.82) is 0 Å². The summed E-state index contributed by atoms with van der Waals surface area (Å²) < 4.78 is 50.3. The molecule has 1 aliphatic heterocycles. The third-order valence-corrected chi connectivity index (χ3v) is 4.32. The van der Waals surface area contributed by atoms with Gasteiger partial charge in [0.15, 0.2) is 0 Å². The van der Waals surface area contributed by atoms with E-state index in [0.29, 0.717) is 26.2 Å². The Morgan fingerprint density at radius 1 is 1.05 bits per heavy atom. The third kappa shape index (κ3) is 3.83. The Balaban J connectivity index is 1.80. The first-order valence-electron chi connectivity index (χ1n) is 7.20. The van der Waals surface area contributed by atoms with Crippen LogP contribution in [0.5, 0.6) is 0 Å². The van der Waals surface area contributed by atoms with Crippen molar-refractivity contribution in [3.63, 3.8) is 0 Å². The Bertz CT molecular complexity index is 309. The quantitative estimate of drug-likeness (QED) is 0.802. The normalized spacial score (nSPS) is 30.9. The van der Waals surface area contributed by atoms with Crippen molar-refractivity contribution in [2.75, 3.05) is 32.7 Å². The lowest BCUT2D eigenvalue weighted by Crippen LogP contribution is -2.56. The maximum atomic E-state index is 13.0. The second-order valence-electron chi connectivity index (χ2n) is 5.79. The van der Waals surface area contributed by atoms with Crippen molar-refractivity contribution in [2.45, 2.75) is 50.2 Å². The smallest absolute Gasteiger partial charge is 0.319 e. The molecule has 2 fully saturated rings. The molecule has 20 heavy (non-hydrogen) atoms. The molecule has 2 atom stereocenters.